The molecule has 1 heterocycles. The van der Waals surface area contributed by atoms with Gasteiger partial charge in [0.15, 0.2) is 0 Å². The number of fused-ring (bicyclic) bond motifs is 7. The topological polar surface area (TPSA) is 3.24 Å². The third-order valence-corrected chi connectivity index (χ3v) is 9.97. The van der Waals surface area contributed by atoms with Gasteiger partial charge in [-0.05, 0) is 86.6 Å². The zero-order valence-electron chi connectivity index (χ0n) is 23.9. The Bertz CT molecular complexity index is 2500. The van der Waals surface area contributed by atoms with Crippen molar-refractivity contribution in [2.24, 2.45) is 0 Å². The van der Waals surface area contributed by atoms with Crippen LogP contribution < -0.4 is 4.90 Å². The van der Waals surface area contributed by atoms with Crippen molar-refractivity contribution in [3.63, 3.8) is 0 Å². The first-order valence-electron chi connectivity index (χ1n) is 15.0. The number of hydrogen-bond donors (Lipinski definition) is 0. The molecule has 0 saturated carbocycles. The second-order valence-corrected chi connectivity index (χ2v) is 12.5. The normalized spacial score (nSPS) is 11.6. The first-order chi connectivity index (χ1) is 21.8. The van der Waals surface area contributed by atoms with Crippen molar-refractivity contribution in [1.29, 1.82) is 0 Å². The Hall–Kier alpha value is -5.44. The van der Waals surface area contributed by atoms with Crippen molar-refractivity contribution in [2.45, 2.75) is 0 Å². The maximum absolute atomic E-state index is 2.42. The van der Waals surface area contributed by atoms with Crippen LogP contribution in [-0.4, -0.2) is 0 Å². The van der Waals surface area contributed by atoms with Crippen LogP contribution in [0.1, 0.15) is 0 Å². The van der Waals surface area contributed by atoms with E-state index >= 15 is 0 Å². The smallest absolute Gasteiger partial charge is 0.0546 e. The monoisotopic (exact) mass is 577 g/mol. The standard InChI is InChI=1S/C42H27NS/c1-2-10-30-25-34(23-19-28(30)9-1)43(40-27-32-11-3-4-12-35(32)36-13-5-6-14-37(36)40)33-21-17-29(18-22-33)31-20-24-42-39(26-31)38-15-7-8-16-41(38)44-42/h1-27H. The highest BCUT2D eigenvalue weighted by molar-refractivity contribution is 7.25. The fourth-order valence-electron chi connectivity index (χ4n) is 6.67. The van der Waals surface area contributed by atoms with Crippen LogP contribution in [0.2, 0.25) is 0 Å². The molecule has 0 atom stereocenters. The molecule has 0 aliphatic heterocycles. The third kappa shape index (κ3) is 4.07. The molecule has 0 aliphatic carbocycles. The van der Waals surface area contributed by atoms with E-state index in [1.54, 1.807) is 0 Å². The van der Waals surface area contributed by atoms with Crippen molar-refractivity contribution >= 4 is 80.9 Å². The highest BCUT2D eigenvalue weighted by atomic mass is 32.1. The number of thiophene rings is 1. The Kier molecular flexibility index (Phi) is 5.75. The van der Waals surface area contributed by atoms with Crippen LogP contribution in [0.4, 0.5) is 17.1 Å². The van der Waals surface area contributed by atoms with Gasteiger partial charge in [0.1, 0.15) is 0 Å². The van der Waals surface area contributed by atoms with Gasteiger partial charge in [-0.3, -0.25) is 0 Å². The Morgan fingerprint density at radius 1 is 0.341 bits per heavy atom. The van der Waals surface area contributed by atoms with Gasteiger partial charge in [-0.1, -0.05) is 115 Å². The van der Waals surface area contributed by atoms with Gasteiger partial charge in [0.05, 0.1) is 5.69 Å². The number of rotatable bonds is 4. The Morgan fingerprint density at radius 3 is 1.80 bits per heavy atom. The Labute approximate surface area is 259 Å². The summed E-state index contributed by atoms with van der Waals surface area (Å²) >= 11 is 1.86. The minimum Gasteiger partial charge on any atom is -0.310 e. The highest BCUT2D eigenvalue weighted by Gasteiger charge is 2.18. The van der Waals surface area contributed by atoms with Crippen LogP contribution in [0.15, 0.2) is 164 Å². The van der Waals surface area contributed by atoms with Gasteiger partial charge in [0.25, 0.3) is 0 Å². The molecule has 0 aliphatic rings. The molecular formula is C42H27NS. The fourth-order valence-corrected chi connectivity index (χ4v) is 7.76. The molecule has 0 radical (unpaired) electrons. The number of anilines is 3. The zero-order valence-corrected chi connectivity index (χ0v) is 24.8. The van der Waals surface area contributed by atoms with Gasteiger partial charge < -0.3 is 4.90 Å². The number of nitrogens with zero attached hydrogens (tertiary/aromatic N) is 1. The molecule has 2 heteroatoms. The summed E-state index contributed by atoms with van der Waals surface area (Å²) < 4.78 is 2.67. The molecule has 206 valence electrons. The lowest BCUT2D eigenvalue weighted by Crippen LogP contribution is -2.10. The lowest BCUT2D eigenvalue weighted by Gasteiger charge is -2.28. The van der Waals surface area contributed by atoms with E-state index in [0.29, 0.717) is 0 Å². The number of hydrogen-bond acceptors (Lipinski definition) is 2. The second kappa shape index (κ2) is 10.1. The fraction of sp³-hybridized carbons (Fsp3) is 0. The van der Waals surface area contributed by atoms with E-state index < -0.39 is 0 Å². The lowest BCUT2D eigenvalue weighted by molar-refractivity contribution is 1.31. The van der Waals surface area contributed by atoms with E-state index in [2.05, 4.69) is 169 Å². The molecule has 1 aromatic heterocycles. The quantitative estimate of drug-likeness (QED) is 0.188. The van der Waals surface area contributed by atoms with Crippen molar-refractivity contribution in [3.05, 3.63) is 164 Å². The SMILES string of the molecule is c1ccc2cc(N(c3ccc(-c4ccc5sc6ccccc6c5c4)cc3)c3cc4ccccc4c4ccccc34)ccc2c1. The molecule has 0 fully saturated rings. The summed E-state index contributed by atoms with van der Waals surface area (Å²) in [6, 6.07) is 59.8. The summed E-state index contributed by atoms with van der Waals surface area (Å²) in [5, 5.41) is 10.1. The summed E-state index contributed by atoms with van der Waals surface area (Å²) in [5.74, 6) is 0. The van der Waals surface area contributed by atoms with Crippen molar-refractivity contribution in [2.75, 3.05) is 4.90 Å². The second-order valence-electron chi connectivity index (χ2n) is 11.4. The van der Waals surface area contributed by atoms with E-state index in [9.17, 15) is 0 Å². The van der Waals surface area contributed by atoms with Crippen molar-refractivity contribution < 1.29 is 0 Å². The number of benzene rings is 8. The molecule has 0 spiro atoms. The maximum Gasteiger partial charge on any atom is 0.0546 e. The van der Waals surface area contributed by atoms with Gasteiger partial charge in [0.2, 0.25) is 0 Å². The lowest BCUT2D eigenvalue weighted by atomic mass is 9.98. The Balaban J connectivity index is 1.23. The summed E-state index contributed by atoms with van der Waals surface area (Å²) in [4.78, 5) is 2.42. The molecule has 0 N–H and O–H groups in total. The van der Waals surface area contributed by atoms with Gasteiger partial charge in [-0.15, -0.1) is 11.3 Å². The highest BCUT2D eigenvalue weighted by Crippen LogP contribution is 2.43. The van der Waals surface area contributed by atoms with Gasteiger partial charge in [-0.25, -0.2) is 0 Å². The molecule has 0 amide bonds. The van der Waals surface area contributed by atoms with E-state index in [0.717, 1.165) is 11.4 Å². The van der Waals surface area contributed by atoms with Crippen LogP contribution in [0.5, 0.6) is 0 Å². The molecule has 9 rings (SSSR count). The molecule has 1 nitrogen and oxygen atoms in total. The third-order valence-electron chi connectivity index (χ3n) is 8.81. The van der Waals surface area contributed by atoms with E-state index in [1.807, 2.05) is 11.3 Å². The summed E-state index contributed by atoms with van der Waals surface area (Å²) in [5.41, 5.74) is 5.90. The average Bonchev–Trinajstić information content (AvgIpc) is 3.47. The molecule has 44 heavy (non-hydrogen) atoms. The van der Waals surface area contributed by atoms with Crippen LogP contribution in [0.3, 0.4) is 0 Å². The summed E-state index contributed by atoms with van der Waals surface area (Å²) in [7, 11) is 0. The molecule has 9 aromatic rings. The maximum atomic E-state index is 2.42. The Morgan fingerprint density at radius 2 is 0.955 bits per heavy atom. The van der Waals surface area contributed by atoms with Gasteiger partial charge >= 0.3 is 0 Å². The molecule has 0 saturated heterocycles. The first-order valence-corrected chi connectivity index (χ1v) is 15.8. The van der Waals surface area contributed by atoms with Crippen molar-refractivity contribution in [3.8, 4) is 11.1 Å². The minimum atomic E-state index is 1.13. The predicted molar refractivity (Wildman–Crippen MR) is 192 cm³/mol. The molecular weight excluding hydrogens is 551 g/mol. The predicted octanol–water partition coefficient (Wildman–Crippen LogP) is 12.7. The summed E-state index contributed by atoms with van der Waals surface area (Å²) in [6.07, 6.45) is 0. The first kappa shape index (κ1) is 25.1. The van der Waals surface area contributed by atoms with Crippen LogP contribution >= 0.6 is 11.3 Å². The van der Waals surface area contributed by atoms with Crippen LogP contribution in [0.25, 0.3) is 63.6 Å². The van der Waals surface area contributed by atoms with E-state index in [4.69, 9.17) is 0 Å². The van der Waals surface area contributed by atoms with Gasteiger partial charge in [-0.2, -0.15) is 0 Å². The molecule has 8 aromatic carbocycles. The zero-order chi connectivity index (χ0) is 29.0. The van der Waals surface area contributed by atoms with Crippen LogP contribution in [0, 0.1) is 0 Å². The molecule has 0 bridgehead atoms. The largest absolute Gasteiger partial charge is 0.310 e. The van der Waals surface area contributed by atoms with Crippen LogP contribution in [-0.2, 0) is 0 Å². The molecule has 0 unspecified atom stereocenters. The van der Waals surface area contributed by atoms with Crippen molar-refractivity contribution in [1.82, 2.24) is 0 Å². The average molecular weight is 578 g/mol. The van der Waals surface area contributed by atoms with E-state index in [1.165, 1.54) is 69.3 Å². The van der Waals surface area contributed by atoms with Gasteiger partial charge in [0, 0.05) is 36.9 Å². The minimum absolute atomic E-state index is 1.13. The summed E-state index contributed by atoms with van der Waals surface area (Å²) in [6.45, 7) is 0. The van der Waals surface area contributed by atoms with E-state index in [-0.39, 0.29) is 0 Å².